The van der Waals surface area contributed by atoms with E-state index >= 15 is 0 Å². The topological polar surface area (TPSA) is 84.5 Å². The largest absolute Gasteiger partial charge is 0.469 e. The van der Waals surface area contributed by atoms with Crippen molar-refractivity contribution >= 4 is 23.5 Å². The van der Waals surface area contributed by atoms with Crippen molar-refractivity contribution in [2.45, 2.75) is 12.8 Å². The van der Waals surface area contributed by atoms with Crippen LogP contribution in [0.4, 0.5) is 10.5 Å². The molecule has 0 heterocycles. The molecule has 102 valence electrons. The maximum absolute atomic E-state index is 11.4. The molecule has 1 aromatic carbocycles. The molecule has 1 aromatic rings. The number of hydrogen-bond donors (Lipinski definition) is 2. The van der Waals surface area contributed by atoms with Gasteiger partial charge in [0.1, 0.15) is 0 Å². The van der Waals surface area contributed by atoms with Gasteiger partial charge in [-0.15, -0.1) is 0 Å². The number of amides is 2. The van der Waals surface area contributed by atoms with Crippen LogP contribution in [-0.4, -0.2) is 31.4 Å². The summed E-state index contributed by atoms with van der Waals surface area (Å²) in [7, 11) is 1.26. The smallest absolute Gasteiger partial charge is 0.319 e. The first-order chi connectivity index (χ1) is 9.11. The fourth-order valence-corrected chi connectivity index (χ4v) is 1.31. The zero-order chi connectivity index (χ0) is 14.1. The van der Waals surface area contributed by atoms with Gasteiger partial charge >= 0.3 is 12.0 Å². The minimum atomic E-state index is -0.461. The lowest BCUT2D eigenvalue weighted by Crippen LogP contribution is -2.33. The summed E-state index contributed by atoms with van der Waals surface area (Å²) in [5, 5.41) is 5.00. The van der Waals surface area contributed by atoms with Crippen LogP contribution in [-0.2, 0) is 14.3 Å². The van der Waals surface area contributed by atoms with E-state index in [1.54, 1.807) is 24.3 Å². The van der Waals surface area contributed by atoms with Gasteiger partial charge in [0, 0.05) is 12.1 Å². The third-order valence-corrected chi connectivity index (χ3v) is 2.31. The van der Waals surface area contributed by atoms with Gasteiger partial charge in [0.25, 0.3) is 0 Å². The van der Waals surface area contributed by atoms with Gasteiger partial charge in [0.05, 0.1) is 20.1 Å². The summed E-state index contributed by atoms with van der Waals surface area (Å²) < 4.78 is 4.41. The number of hydrogen-bond acceptors (Lipinski definition) is 4. The molecule has 1 rings (SSSR count). The molecule has 0 saturated carbocycles. The van der Waals surface area contributed by atoms with E-state index < -0.39 is 12.0 Å². The molecule has 0 unspecified atom stereocenters. The highest BCUT2D eigenvalue weighted by Crippen LogP contribution is 2.04. The fraction of sp³-hybridized carbons (Fsp3) is 0.308. The van der Waals surface area contributed by atoms with Crippen molar-refractivity contribution in [3.8, 4) is 0 Å². The molecule has 0 radical (unpaired) electrons. The molecule has 0 saturated heterocycles. The van der Waals surface area contributed by atoms with Crippen molar-refractivity contribution in [2.24, 2.45) is 0 Å². The number of nitrogens with one attached hydrogen (secondary N) is 2. The molecule has 0 aliphatic heterocycles. The van der Waals surface area contributed by atoms with Gasteiger partial charge < -0.3 is 15.4 Å². The number of ether oxygens (including phenoxy) is 1. The standard InChI is InChI=1S/C13H16N2O4/c1-19-12(17)8-7-11(16)9-14-13(18)15-10-5-3-2-4-6-10/h2-6H,7-9H2,1H3,(H2,14,15,18). The lowest BCUT2D eigenvalue weighted by Gasteiger charge is -2.06. The van der Waals surface area contributed by atoms with E-state index in [1.807, 2.05) is 6.07 Å². The Kier molecular flexibility index (Phi) is 6.08. The maximum atomic E-state index is 11.4. The summed E-state index contributed by atoms with van der Waals surface area (Å²) in [5.74, 6) is -0.671. The number of carbonyl (C=O) groups excluding carboxylic acids is 3. The zero-order valence-electron chi connectivity index (χ0n) is 10.6. The number of urea groups is 1. The number of methoxy groups -OCH3 is 1. The highest BCUT2D eigenvalue weighted by Gasteiger charge is 2.08. The van der Waals surface area contributed by atoms with Crippen LogP contribution in [0.25, 0.3) is 0 Å². The number of esters is 1. The summed E-state index contributed by atoms with van der Waals surface area (Å²) in [6.45, 7) is -0.115. The van der Waals surface area contributed by atoms with E-state index in [2.05, 4.69) is 15.4 Å². The molecule has 19 heavy (non-hydrogen) atoms. The molecule has 0 aliphatic rings. The number of Topliss-reactive ketones (excluding diaryl/α,β-unsaturated/α-hetero) is 1. The Bertz CT molecular complexity index is 445. The van der Waals surface area contributed by atoms with E-state index in [9.17, 15) is 14.4 Å². The minimum absolute atomic E-state index is 0.0251. The molecule has 2 amide bonds. The van der Waals surface area contributed by atoms with Crippen LogP contribution in [0.5, 0.6) is 0 Å². The molecule has 2 N–H and O–H groups in total. The second kappa shape index (κ2) is 7.86. The third-order valence-electron chi connectivity index (χ3n) is 2.31. The van der Waals surface area contributed by atoms with Crippen molar-refractivity contribution in [3.05, 3.63) is 30.3 Å². The molecule has 0 fully saturated rings. The van der Waals surface area contributed by atoms with E-state index in [1.165, 1.54) is 7.11 Å². The predicted octanol–water partition coefficient (Wildman–Crippen LogP) is 1.33. The summed E-state index contributed by atoms with van der Waals surface area (Å²) >= 11 is 0. The quantitative estimate of drug-likeness (QED) is 0.759. The van der Waals surface area contributed by atoms with E-state index in [-0.39, 0.29) is 25.2 Å². The lowest BCUT2D eigenvalue weighted by molar-refractivity contribution is -0.141. The normalized spacial score (nSPS) is 9.53. The predicted molar refractivity (Wildman–Crippen MR) is 69.7 cm³/mol. The molecule has 6 nitrogen and oxygen atoms in total. The van der Waals surface area contributed by atoms with Crippen molar-refractivity contribution in [1.82, 2.24) is 5.32 Å². The average molecular weight is 264 g/mol. The average Bonchev–Trinajstić information content (AvgIpc) is 2.43. The molecular formula is C13H16N2O4. The number of ketones is 1. The summed E-state index contributed by atoms with van der Waals surface area (Å²) in [6.07, 6.45) is 0.0790. The van der Waals surface area contributed by atoms with Crippen LogP contribution in [0.2, 0.25) is 0 Å². The van der Waals surface area contributed by atoms with Crippen molar-refractivity contribution in [1.29, 1.82) is 0 Å². The molecule has 0 aromatic heterocycles. The molecule has 0 atom stereocenters. The molecule has 0 bridgehead atoms. The van der Waals surface area contributed by atoms with Gasteiger partial charge in [-0.1, -0.05) is 18.2 Å². The van der Waals surface area contributed by atoms with Crippen molar-refractivity contribution in [2.75, 3.05) is 19.0 Å². The Morgan fingerprint density at radius 1 is 1.11 bits per heavy atom. The number of carbonyl (C=O) groups is 3. The van der Waals surface area contributed by atoms with Gasteiger partial charge in [-0.2, -0.15) is 0 Å². The van der Waals surface area contributed by atoms with Gasteiger partial charge in [0.15, 0.2) is 5.78 Å². The zero-order valence-corrected chi connectivity index (χ0v) is 10.6. The Balaban J connectivity index is 2.23. The first-order valence-corrected chi connectivity index (χ1v) is 5.80. The summed E-state index contributed by atoms with van der Waals surface area (Å²) in [4.78, 5) is 33.6. The van der Waals surface area contributed by atoms with Crippen LogP contribution < -0.4 is 10.6 Å². The molecule has 0 spiro atoms. The summed E-state index contributed by atoms with van der Waals surface area (Å²) in [5.41, 5.74) is 0.641. The van der Waals surface area contributed by atoms with Crippen molar-refractivity contribution in [3.63, 3.8) is 0 Å². The highest BCUT2D eigenvalue weighted by molar-refractivity contribution is 5.93. The second-order valence-electron chi connectivity index (χ2n) is 3.79. The van der Waals surface area contributed by atoms with Crippen LogP contribution in [0.3, 0.4) is 0 Å². The maximum Gasteiger partial charge on any atom is 0.319 e. The fourth-order valence-electron chi connectivity index (χ4n) is 1.31. The number of para-hydroxylation sites is 1. The van der Waals surface area contributed by atoms with Crippen LogP contribution in [0, 0.1) is 0 Å². The first kappa shape index (κ1) is 14.7. The highest BCUT2D eigenvalue weighted by atomic mass is 16.5. The van der Waals surface area contributed by atoms with Crippen LogP contribution in [0.15, 0.2) is 30.3 Å². The Morgan fingerprint density at radius 3 is 2.42 bits per heavy atom. The van der Waals surface area contributed by atoms with Crippen LogP contribution in [0.1, 0.15) is 12.8 Å². The first-order valence-electron chi connectivity index (χ1n) is 5.80. The Labute approximate surface area is 111 Å². The lowest BCUT2D eigenvalue weighted by atomic mass is 10.2. The molecule has 6 heteroatoms. The molecular weight excluding hydrogens is 248 g/mol. The number of anilines is 1. The third kappa shape index (κ3) is 6.21. The molecule has 0 aliphatic carbocycles. The van der Waals surface area contributed by atoms with E-state index in [0.717, 1.165) is 0 Å². The Morgan fingerprint density at radius 2 is 1.79 bits per heavy atom. The summed E-state index contributed by atoms with van der Waals surface area (Å²) in [6, 6.07) is 8.42. The second-order valence-corrected chi connectivity index (χ2v) is 3.79. The van der Waals surface area contributed by atoms with E-state index in [0.29, 0.717) is 5.69 Å². The SMILES string of the molecule is COC(=O)CCC(=O)CNC(=O)Nc1ccccc1. The minimum Gasteiger partial charge on any atom is -0.469 e. The van der Waals surface area contributed by atoms with E-state index in [4.69, 9.17) is 0 Å². The van der Waals surface area contributed by atoms with Gasteiger partial charge in [-0.25, -0.2) is 4.79 Å². The van der Waals surface area contributed by atoms with Gasteiger partial charge in [-0.3, -0.25) is 9.59 Å². The Hall–Kier alpha value is -2.37. The van der Waals surface area contributed by atoms with Gasteiger partial charge in [0.2, 0.25) is 0 Å². The monoisotopic (exact) mass is 264 g/mol. The number of benzene rings is 1. The van der Waals surface area contributed by atoms with Gasteiger partial charge in [-0.05, 0) is 12.1 Å². The van der Waals surface area contributed by atoms with Crippen molar-refractivity contribution < 1.29 is 19.1 Å². The number of rotatable bonds is 6. The van der Waals surface area contributed by atoms with Crippen LogP contribution >= 0.6 is 0 Å².